The molecule has 0 saturated carbocycles. The van der Waals surface area contributed by atoms with Crippen molar-refractivity contribution in [1.29, 1.82) is 0 Å². The zero-order valence-electron chi connectivity index (χ0n) is 16.0. The van der Waals surface area contributed by atoms with E-state index in [-0.39, 0.29) is 11.9 Å². The Morgan fingerprint density at radius 3 is 2.68 bits per heavy atom. The van der Waals surface area contributed by atoms with Gasteiger partial charge in [-0.2, -0.15) is 0 Å². The fraction of sp³-hybridized carbons (Fsp3) is 0.250. The molecular formula is C24H24FNO2. The average Bonchev–Trinajstić information content (AvgIpc) is 2.75. The number of ether oxygens (including phenoxy) is 2. The van der Waals surface area contributed by atoms with Crippen LogP contribution in [0.1, 0.15) is 17.5 Å². The molecule has 0 fully saturated rings. The van der Waals surface area contributed by atoms with Gasteiger partial charge in [-0.1, -0.05) is 60.7 Å². The van der Waals surface area contributed by atoms with Gasteiger partial charge in [0.05, 0.1) is 7.11 Å². The maximum absolute atomic E-state index is 14.9. The molecule has 0 amide bonds. The zero-order chi connectivity index (χ0) is 19.3. The van der Waals surface area contributed by atoms with Crippen molar-refractivity contribution < 1.29 is 13.9 Å². The van der Waals surface area contributed by atoms with Gasteiger partial charge in [-0.05, 0) is 30.0 Å². The van der Waals surface area contributed by atoms with Gasteiger partial charge in [0.25, 0.3) is 0 Å². The monoisotopic (exact) mass is 377 g/mol. The van der Waals surface area contributed by atoms with E-state index in [0.29, 0.717) is 24.2 Å². The van der Waals surface area contributed by atoms with Crippen molar-refractivity contribution in [2.24, 2.45) is 0 Å². The van der Waals surface area contributed by atoms with Crippen molar-refractivity contribution in [2.45, 2.75) is 25.5 Å². The molecule has 0 aliphatic carbocycles. The summed E-state index contributed by atoms with van der Waals surface area (Å²) in [7, 11) is 1.66. The lowest BCUT2D eigenvalue weighted by Crippen LogP contribution is -2.34. The lowest BCUT2D eigenvalue weighted by Gasteiger charge is -2.27. The van der Waals surface area contributed by atoms with E-state index in [1.54, 1.807) is 7.11 Å². The maximum Gasteiger partial charge on any atom is 0.164 e. The fourth-order valence-electron chi connectivity index (χ4n) is 3.66. The Morgan fingerprint density at radius 1 is 1.04 bits per heavy atom. The van der Waals surface area contributed by atoms with Crippen LogP contribution in [0.5, 0.6) is 11.5 Å². The smallest absolute Gasteiger partial charge is 0.164 e. The third-order valence-corrected chi connectivity index (χ3v) is 5.15. The van der Waals surface area contributed by atoms with Crippen LogP contribution < -0.4 is 14.8 Å². The number of methoxy groups -OCH3 is 1. The number of halogens is 1. The molecule has 144 valence electrons. The van der Waals surface area contributed by atoms with Gasteiger partial charge in [-0.3, -0.25) is 0 Å². The number of rotatable bonds is 6. The Morgan fingerprint density at radius 2 is 1.86 bits per heavy atom. The van der Waals surface area contributed by atoms with E-state index in [0.717, 1.165) is 29.9 Å². The first kappa shape index (κ1) is 18.5. The second-order valence-electron chi connectivity index (χ2n) is 7.00. The number of aryl methyl sites for hydroxylation is 1. The molecule has 0 aromatic heterocycles. The summed E-state index contributed by atoms with van der Waals surface area (Å²) in [5.41, 5.74) is 3.36. The molecule has 0 radical (unpaired) electrons. The molecular weight excluding hydrogens is 353 g/mol. The predicted molar refractivity (Wildman–Crippen MR) is 109 cm³/mol. The number of hydrogen-bond acceptors (Lipinski definition) is 3. The first-order valence-corrected chi connectivity index (χ1v) is 9.62. The number of para-hydroxylation sites is 1. The molecule has 1 aliphatic rings. The van der Waals surface area contributed by atoms with Crippen LogP contribution in [0, 0.1) is 5.82 Å². The Bertz CT molecular complexity index is 928. The quantitative estimate of drug-likeness (QED) is 0.657. The summed E-state index contributed by atoms with van der Waals surface area (Å²) < 4.78 is 26.5. The number of fused-ring (bicyclic) bond motifs is 1. The summed E-state index contributed by atoms with van der Waals surface area (Å²) in [5.74, 6) is 1.43. The van der Waals surface area contributed by atoms with Crippen LogP contribution in [-0.2, 0) is 13.0 Å². The Labute approximate surface area is 165 Å². The highest BCUT2D eigenvalue weighted by Gasteiger charge is 2.22. The summed E-state index contributed by atoms with van der Waals surface area (Å²) >= 11 is 0. The number of benzene rings is 3. The minimum atomic E-state index is -0.169. The fourth-order valence-corrected chi connectivity index (χ4v) is 3.66. The second kappa shape index (κ2) is 8.44. The predicted octanol–water partition coefficient (Wildman–Crippen LogP) is 4.98. The van der Waals surface area contributed by atoms with Gasteiger partial charge < -0.3 is 14.8 Å². The maximum atomic E-state index is 14.9. The Kier molecular flexibility index (Phi) is 5.58. The van der Waals surface area contributed by atoms with Crippen LogP contribution in [0.15, 0.2) is 66.7 Å². The molecule has 1 aliphatic heterocycles. The third kappa shape index (κ3) is 3.87. The van der Waals surface area contributed by atoms with Crippen LogP contribution in [0.3, 0.4) is 0 Å². The normalized spacial score (nSPS) is 15.6. The summed E-state index contributed by atoms with van der Waals surface area (Å²) in [6.07, 6.45) is 1.93. The molecule has 3 aromatic carbocycles. The van der Waals surface area contributed by atoms with Crippen LogP contribution in [0.25, 0.3) is 11.1 Å². The van der Waals surface area contributed by atoms with E-state index in [9.17, 15) is 4.39 Å². The molecule has 0 spiro atoms. The summed E-state index contributed by atoms with van der Waals surface area (Å²) in [4.78, 5) is 0. The van der Waals surface area contributed by atoms with Crippen molar-refractivity contribution in [3.63, 3.8) is 0 Å². The highest BCUT2D eigenvalue weighted by atomic mass is 19.1. The van der Waals surface area contributed by atoms with Crippen molar-refractivity contribution in [3.05, 3.63) is 83.7 Å². The topological polar surface area (TPSA) is 30.5 Å². The van der Waals surface area contributed by atoms with Crippen molar-refractivity contribution in [1.82, 2.24) is 5.32 Å². The zero-order valence-corrected chi connectivity index (χ0v) is 16.0. The Hall–Kier alpha value is -2.85. The van der Waals surface area contributed by atoms with Crippen LogP contribution >= 0.6 is 0 Å². The summed E-state index contributed by atoms with van der Waals surface area (Å²) in [5, 5.41) is 3.35. The standard InChI is InChI=1S/C24H24FNO2/c1-27-22-12-6-9-18-13-14-20(28-24(18)22)16-26-15-19-10-5-11-21(23(19)25)17-7-3-2-4-8-17/h2-12,20,26H,13-16H2,1H3/t20-/m1/s1. The van der Waals surface area contributed by atoms with E-state index in [4.69, 9.17) is 9.47 Å². The molecule has 3 nitrogen and oxygen atoms in total. The molecule has 28 heavy (non-hydrogen) atoms. The van der Waals surface area contributed by atoms with Crippen LogP contribution in [-0.4, -0.2) is 19.8 Å². The van der Waals surface area contributed by atoms with Crippen molar-refractivity contribution in [2.75, 3.05) is 13.7 Å². The molecule has 4 heteroatoms. The largest absolute Gasteiger partial charge is 0.493 e. The highest BCUT2D eigenvalue weighted by Crippen LogP contribution is 2.36. The highest BCUT2D eigenvalue weighted by molar-refractivity contribution is 5.64. The van der Waals surface area contributed by atoms with Gasteiger partial charge in [0.15, 0.2) is 11.5 Å². The van der Waals surface area contributed by atoms with Gasteiger partial charge in [0.2, 0.25) is 0 Å². The second-order valence-corrected chi connectivity index (χ2v) is 7.00. The number of nitrogens with one attached hydrogen (secondary N) is 1. The molecule has 0 saturated heterocycles. The summed E-state index contributed by atoms with van der Waals surface area (Å²) in [6, 6.07) is 21.2. The molecule has 0 unspecified atom stereocenters. The minimum absolute atomic E-state index is 0.0455. The average molecular weight is 377 g/mol. The molecule has 1 N–H and O–H groups in total. The van der Waals surface area contributed by atoms with E-state index in [1.807, 2.05) is 60.7 Å². The van der Waals surface area contributed by atoms with Crippen LogP contribution in [0.4, 0.5) is 4.39 Å². The molecule has 1 atom stereocenters. The minimum Gasteiger partial charge on any atom is -0.493 e. The lowest BCUT2D eigenvalue weighted by atomic mass is 10.0. The molecule has 3 aromatic rings. The molecule has 0 bridgehead atoms. The van der Waals surface area contributed by atoms with Gasteiger partial charge in [-0.25, -0.2) is 4.39 Å². The Balaban J connectivity index is 1.40. The SMILES string of the molecule is COc1cccc2c1O[C@@H](CNCc1cccc(-c3ccccc3)c1F)CC2. The van der Waals surface area contributed by atoms with E-state index >= 15 is 0 Å². The number of hydrogen-bond donors (Lipinski definition) is 1. The van der Waals surface area contributed by atoms with E-state index < -0.39 is 0 Å². The van der Waals surface area contributed by atoms with E-state index in [1.165, 1.54) is 5.56 Å². The van der Waals surface area contributed by atoms with Gasteiger partial charge in [0.1, 0.15) is 11.9 Å². The van der Waals surface area contributed by atoms with Gasteiger partial charge in [-0.15, -0.1) is 0 Å². The van der Waals surface area contributed by atoms with Crippen LogP contribution in [0.2, 0.25) is 0 Å². The van der Waals surface area contributed by atoms with Crippen molar-refractivity contribution in [3.8, 4) is 22.6 Å². The molecule has 1 heterocycles. The third-order valence-electron chi connectivity index (χ3n) is 5.15. The van der Waals surface area contributed by atoms with Gasteiger partial charge in [0, 0.05) is 24.2 Å². The lowest BCUT2D eigenvalue weighted by molar-refractivity contribution is 0.163. The van der Waals surface area contributed by atoms with Gasteiger partial charge >= 0.3 is 0 Å². The first-order chi connectivity index (χ1) is 13.8. The van der Waals surface area contributed by atoms with Crippen molar-refractivity contribution >= 4 is 0 Å². The first-order valence-electron chi connectivity index (χ1n) is 9.62. The van der Waals surface area contributed by atoms with E-state index in [2.05, 4.69) is 11.4 Å². The summed E-state index contributed by atoms with van der Waals surface area (Å²) in [6.45, 7) is 1.12. The molecule has 4 rings (SSSR count).